The van der Waals surface area contributed by atoms with E-state index in [2.05, 4.69) is 17.3 Å². The molecule has 2 aromatic heterocycles. The van der Waals surface area contributed by atoms with Crippen LogP contribution in [0, 0.1) is 5.92 Å². The molecule has 1 fully saturated rings. The second-order valence-corrected chi connectivity index (χ2v) is 6.79. The molecule has 0 saturated heterocycles. The topological polar surface area (TPSA) is 49.5 Å². The molecule has 0 bridgehead atoms. The molecule has 114 valence electrons. The normalized spacial score (nSPS) is 22.8. The lowest BCUT2D eigenvalue weighted by atomic mass is 9.86. The Morgan fingerprint density at radius 2 is 2.19 bits per heavy atom. The van der Waals surface area contributed by atoms with E-state index in [1.165, 1.54) is 12.8 Å². The van der Waals surface area contributed by atoms with E-state index < -0.39 is 0 Å². The molecule has 0 radical (unpaired) electrons. The quantitative estimate of drug-likeness (QED) is 0.920. The summed E-state index contributed by atoms with van der Waals surface area (Å²) in [6.45, 7) is 1.24. The number of aliphatic hydroxyl groups is 1. The third-order valence-corrected chi connectivity index (χ3v) is 5.37. The number of furan rings is 1. The molecule has 1 saturated carbocycles. The van der Waals surface area contributed by atoms with Crippen LogP contribution in [0.3, 0.4) is 0 Å². The van der Waals surface area contributed by atoms with Gasteiger partial charge in [-0.25, -0.2) is 4.98 Å². The zero-order valence-corrected chi connectivity index (χ0v) is 13.2. The SMILES string of the molecule is CN(Cc1csc(-c2ccoc2)n1)C1CCC(CO)CC1. The highest BCUT2D eigenvalue weighted by Crippen LogP contribution is 2.28. The van der Waals surface area contributed by atoms with E-state index in [0.29, 0.717) is 18.6 Å². The lowest BCUT2D eigenvalue weighted by Gasteiger charge is -2.33. The summed E-state index contributed by atoms with van der Waals surface area (Å²) < 4.78 is 5.11. The highest BCUT2D eigenvalue weighted by atomic mass is 32.1. The summed E-state index contributed by atoms with van der Waals surface area (Å²) in [6.07, 6.45) is 8.07. The predicted molar refractivity (Wildman–Crippen MR) is 84.1 cm³/mol. The molecule has 3 rings (SSSR count). The van der Waals surface area contributed by atoms with Crippen LogP contribution in [0.25, 0.3) is 10.6 Å². The summed E-state index contributed by atoms with van der Waals surface area (Å²) in [6, 6.07) is 2.56. The van der Waals surface area contributed by atoms with Gasteiger partial charge in [-0.3, -0.25) is 4.90 Å². The highest BCUT2D eigenvalue weighted by molar-refractivity contribution is 7.13. The lowest BCUT2D eigenvalue weighted by Crippen LogP contribution is -2.35. The molecule has 0 amide bonds. The number of thiazole rings is 1. The summed E-state index contributed by atoms with van der Waals surface area (Å²) >= 11 is 1.67. The maximum Gasteiger partial charge on any atom is 0.126 e. The molecule has 1 aliphatic rings. The van der Waals surface area contributed by atoms with Crippen molar-refractivity contribution in [1.82, 2.24) is 9.88 Å². The van der Waals surface area contributed by atoms with Crippen molar-refractivity contribution in [3.05, 3.63) is 29.7 Å². The Morgan fingerprint density at radius 1 is 1.38 bits per heavy atom. The monoisotopic (exact) mass is 306 g/mol. The molecule has 1 aliphatic carbocycles. The number of hydrogen-bond acceptors (Lipinski definition) is 5. The molecule has 0 aliphatic heterocycles. The van der Waals surface area contributed by atoms with Crippen LogP contribution < -0.4 is 0 Å². The van der Waals surface area contributed by atoms with E-state index in [1.807, 2.05) is 6.07 Å². The number of nitrogens with zero attached hydrogens (tertiary/aromatic N) is 2. The first-order valence-electron chi connectivity index (χ1n) is 7.54. The Hall–Kier alpha value is -1.17. The van der Waals surface area contributed by atoms with Crippen molar-refractivity contribution in [1.29, 1.82) is 0 Å². The first-order chi connectivity index (χ1) is 10.3. The van der Waals surface area contributed by atoms with Crippen LogP contribution in [0.4, 0.5) is 0 Å². The van der Waals surface area contributed by atoms with Gasteiger partial charge in [-0.05, 0) is 44.7 Å². The number of hydrogen-bond donors (Lipinski definition) is 1. The minimum absolute atomic E-state index is 0.344. The number of aliphatic hydroxyl groups excluding tert-OH is 1. The minimum atomic E-state index is 0.344. The molecule has 0 atom stereocenters. The smallest absolute Gasteiger partial charge is 0.126 e. The Morgan fingerprint density at radius 3 is 2.86 bits per heavy atom. The first kappa shape index (κ1) is 14.8. The zero-order valence-electron chi connectivity index (χ0n) is 12.4. The predicted octanol–water partition coefficient (Wildman–Crippen LogP) is 3.39. The number of rotatable bonds is 5. The van der Waals surface area contributed by atoms with Gasteiger partial charge in [0.05, 0.1) is 12.0 Å². The summed E-state index contributed by atoms with van der Waals surface area (Å²) in [5, 5.41) is 12.4. The summed E-state index contributed by atoms with van der Waals surface area (Å²) in [4.78, 5) is 7.10. The van der Waals surface area contributed by atoms with Crippen molar-refractivity contribution in [2.24, 2.45) is 5.92 Å². The third-order valence-electron chi connectivity index (χ3n) is 4.43. The molecular weight excluding hydrogens is 284 g/mol. The van der Waals surface area contributed by atoms with E-state index in [9.17, 15) is 5.11 Å². The molecule has 5 heteroatoms. The summed E-state index contributed by atoms with van der Waals surface area (Å²) in [5.41, 5.74) is 2.18. The van der Waals surface area contributed by atoms with Crippen LogP contribution in [0.1, 0.15) is 31.4 Å². The van der Waals surface area contributed by atoms with Gasteiger partial charge in [0, 0.05) is 30.1 Å². The van der Waals surface area contributed by atoms with Crippen molar-refractivity contribution >= 4 is 11.3 Å². The van der Waals surface area contributed by atoms with E-state index in [1.54, 1.807) is 23.9 Å². The van der Waals surface area contributed by atoms with Crippen LogP contribution in [0.5, 0.6) is 0 Å². The van der Waals surface area contributed by atoms with Crippen molar-refractivity contribution in [3.63, 3.8) is 0 Å². The van der Waals surface area contributed by atoms with Crippen molar-refractivity contribution in [3.8, 4) is 10.6 Å². The van der Waals surface area contributed by atoms with E-state index in [0.717, 1.165) is 35.7 Å². The Kier molecular flexibility index (Phi) is 4.73. The second kappa shape index (κ2) is 6.73. The molecule has 0 aromatic carbocycles. The molecule has 1 N–H and O–H groups in total. The van der Waals surface area contributed by atoms with Crippen LogP contribution in [-0.2, 0) is 6.54 Å². The fourth-order valence-electron chi connectivity index (χ4n) is 3.05. The maximum atomic E-state index is 9.21. The molecule has 4 nitrogen and oxygen atoms in total. The van der Waals surface area contributed by atoms with E-state index in [-0.39, 0.29) is 0 Å². The largest absolute Gasteiger partial charge is 0.472 e. The summed E-state index contributed by atoms with van der Waals surface area (Å²) in [5.74, 6) is 0.515. The standard InChI is InChI=1S/C16H22N2O2S/c1-18(15-4-2-12(9-19)3-5-15)8-14-11-21-16(17-14)13-6-7-20-10-13/h6-7,10-12,15,19H,2-5,8-9H2,1H3. The van der Waals surface area contributed by atoms with Crippen molar-refractivity contribution in [2.45, 2.75) is 38.3 Å². The van der Waals surface area contributed by atoms with Gasteiger partial charge in [-0.1, -0.05) is 0 Å². The Balaban J connectivity index is 1.57. The van der Waals surface area contributed by atoms with E-state index in [4.69, 9.17) is 9.40 Å². The van der Waals surface area contributed by atoms with Gasteiger partial charge in [-0.2, -0.15) is 0 Å². The van der Waals surface area contributed by atoms with Gasteiger partial charge in [0.15, 0.2) is 0 Å². The fraction of sp³-hybridized carbons (Fsp3) is 0.562. The number of aromatic nitrogens is 1. The summed E-state index contributed by atoms with van der Waals surface area (Å²) in [7, 11) is 2.18. The molecule has 2 aromatic rings. The zero-order chi connectivity index (χ0) is 14.7. The van der Waals surface area contributed by atoms with Crippen LogP contribution in [0.15, 0.2) is 28.4 Å². The maximum absolute atomic E-state index is 9.21. The van der Waals surface area contributed by atoms with Crippen LogP contribution in [-0.4, -0.2) is 34.7 Å². The van der Waals surface area contributed by atoms with E-state index >= 15 is 0 Å². The average molecular weight is 306 g/mol. The van der Waals surface area contributed by atoms with Gasteiger partial charge in [-0.15, -0.1) is 11.3 Å². The van der Waals surface area contributed by atoms with Crippen LogP contribution >= 0.6 is 11.3 Å². The molecule has 0 spiro atoms. The average Bonchev–Trinajstić information content (AvgIpc) is 3.18. The van der Waals surface area contributed by atoms with Gasteiger partial charge in [0.25, 0.3) is 0 Å². The molecule has 2 heterocycles. The Bertz CT molecular complexity index is 544. The third kappa shape index (κ3) is 3.54. The molecular formula is C16H22N2O2S. The van der Waals surface area contributed by atoms with Gasteiger partial charge in [0.1, 0.15) is 11.3 Å². The first-order valence-corrected chi connectivity index (χ1v) is 8.42. The Labute approximate surface area is 129 Å². The lowest BCUT2D eigenvalue weighted by molar-refractivity contribution is 0.123. The fourth-order valence-corrected chi connectivity index (χ4v) is 3.85. The minimum Gasteiger partial charge on any atom is -0.472 e. The van der Waals surface area contributed by atoms with Crippen LogP contribution in [0.2, 0.25) is 0 Å². The molecule has 21 heavy (non-hydrogen) atoms. The van der Waals surface area contributed by atoms with Crippen molar-refractivity contribution in [2.75, 3.05) is 13.7 Å². The van der Waals surface area contributed by atoms with Gasteiger partial charge < -0.3 is 9.52 Å². The van der Waals surface area contributed by atoms with Gasteiger partial charge in [0.2, 0.25) is 0 Å². The second-order valence-electron chi connectivity index (χ2n) is 5.93. The van der Waals surface area contributed by atoms with Gasteiger partial charge >= 0.3 is 0 Å². The molecule has 0 unspecified atom stereocenters. The van der Waals surface area contributed by atoms with Crippen molar-refractivity contribution < 1.29 is 9.52 Å². The highest BCUT2D eigenvalue weighted by Gasteiger charge is 2.24.